The molecule has 142 valence electrons. The Labute approximate surface area is 162 Å². The van der Waals surface area contributed by atoms with E-state index in [1.807, 2.05) is 31.3 Å². The van der Waals surface area contributed by atoms with Gasteiger partial charge in [-0.05, 0) is 63.4 Å². The highest BCUT2D eigenvalue weighted by Crippen LogP contribution is 2.41. The SMILES string of the molecule is CNCCC(O)(CCCCOC)c1cccc(Cl)c1-c1cccc(C)c1. The molecule has 0 saturated carbocycles. The number of hydrogen-bond acceptors (Lipinski definition) is 3. The van der Waals surface area contributed by atoms with Crippen LogP contribution in [0.5, 0.6) is 0 Å². The molecule has 0 fully saturated rings. The zero-order valence-electron chi connectivity index (χ0n) is 16.0. The molecule has 3 nitrogen and oxygen atoms in total. The molecular weight excluding hydrogens is 346 g/mol. The Hall–Kier alpha value is -1.39. The van der Waals surface area contributed by atoms with Crippen molar-refractivity contribution in [3.8, 4) is 11.1 Å². The van der Waals surface area contributed by atoms with Gasteiger partial charge < -0.3 is 15.2 Å². The van der Waals surface area contributed by atoms with Crippen molar-refractivity contribution in [1.82, 2.24) is 5.32 Å². The van der Waals surface area contributed by atoms with Crippen molar-refractivity contribution in [3.05, 3.63) is 58.6 Å². The number of methoxy groups -OCH3 is 1. The molecule has 1 unspecified atom stereocenters. The first-order valence-corrected chi connectivity index (χ1v) is 9.61. The van der Waals surface area contributed by atoms with Gasteiger partial charge in [0.15, 0.2) is 0 Å². The van der Waals surface area contributed by atoms with E-state index in [0.717, 1.165) is 36.1 Å². The van der Waals surface area contributed by atoms with Crippen LogP contribution < -0.4 is 5.32 Å². The minimum absolute atomic E-state index is 0.635. The van der Waals surface area contributed by atoms with Crippen LogP contribution in [-0.2, 0) is 10.3 Å². The normalized spacial score (nSPS) is 13.6. The van der Waals surface area contributed by atoms with Gasteiger partial charge in [-0.1, -0.05) is 53.6 Å². The molecule has 2 N–H and O–H groups in total. The Morgan fingerprint density at radius 2 is 1.88 bits per heavy atom. The van der Waals surface area contributed by atoms with E-state index in [0.29, 0.717) is 24.5 Å². The quantitative estimate of drug-likeness (QED) is 0.578. The van der Waals surface area contributed by atoms with E-state index in [1.54, 1.807) is 7.11 Å². The Balaban J connectivity index is 2.45. The lowest BCUT2D eigenvalue weighted by molar-refractivity contribution is 0.0157. The van der Waals surface area contributed by atoms with Crippen molar-refractivity contribution >= 4 is 11.6 Å². The van der Waals surface area contributed by atoms with E-state index in [4.69, 9.17) is 16.3 Å². The van der Waals surface area contributed by atoms with Gasteiger partial charge in [0.05, 0.1) is 5.60 Å². The van der Waals surface area contributed by atoms with Crippen molar-refractivity contribution < 1.29 is 9.84 Å². The van der Waals surface area contributed by atoms with Gasteiger partial charge in [0.2, 0.25) is 0 Å². The maximum absolute atomic E-state index is 11.6. The zero-order valence-corrected chi connectivity index (χ0v) is 16.8. The molecule has 1 atom stereocenters. The van der Waals surface area contributed by atoms with E-state index in [2.05, 4.69) is 30.4 Å². The molecule has 0 heterocycles. The first kappa shape index (κ1) is 20.9. The number of benzene rings is 2. The van der Waals surface area contributed by atoms with Crippen LogP contribution in [0.15, 0.2) is 42.5 Å². The lowest BCUT2D eigenvalue weighted by Gasteiger charge is -2.31. The van der Waals surface area contributed by atoms with Gasteiger partial charge in [0.25, 0.3) is 0 Å². The Bertz CT molecular complexity index is 704. The summed E-state index contributed by atoms with van der Waals surface area (Å²) >= 11 is 6.59. The van der Waals surface area contributed by atoms with Crippen LogP contribution in [0.1, 0.15) is 36.8 Å². The first-order chi connectivity index (χ1) is 12.5. The summed E-state index contributed by atoms with van der Waals surface area (Å²) in [6.07, 6.45) is 3.14. The highest BCUT2D eigenvalue weighted by Gasteiger charge is 2.31. The first-order valence-electron chi connectivity index (χ1n) is 9.24. The molecule has 0 saturated heterocycles. The number of unbranched alkanes of at least 4 members (excludes halogenated alkanes) is 1. The van der Waals surface area contributed by atoms with Crippen molar-refractivity contribution in [2.75, 3.05) is 27.3 Å². The number of halogens is 1. The molecule has 2 aromatic rings. The summed E-state index contributed by atoms with van der Waals surface area (Å²) in [5.41, 5.74) is 3.13. The lowest BCUT2D eigenvalue weighted by Crippen LogP contribution is -2.31. The number of hydrogen-bond donors (Lipinski definition) is 2. The predicted molar refractivity (Wildman–Crippen MR) is 110 cm³/mol. The standard InChI is InChI=1S/C22H30ClNO2/c1-17-8-6-9-18(16-17)21-19(10-7-11-20(21)23)22(25,13-14-24-2)12-4-5-15-26-3/h6-11,16,24-25H,4-5,12-15H2,1-3H3. The smallest absolute Gasteiger partial charge is 0.0915 e. The topological polar surface area (TPSA) is 41.5 Å². The molecule has 0 radical (unpaired) electrons. The average molecular weight is 376 g/mol. The number of nitrogens with one attached hydrogen (secondary N) is 1. The Morgan fingerprint density at radius 3 is 2.58 bits per heavy atom. The van der Waals surface area contributed by atoms with Gasteiger partial charge in [-0.25, -0.2) is 0 Å². The summed E-state index contributed by atoms with van der Waals surface area (Å²) in [6.45, 7) is 3.51. The third kappa shape index (κ3) is 5.31. The van der Waals surface area contributed by atoms with Crippen LogP contribution in [0.25, 0.3) is 11.1 Å². The second-order valence-corrected chi connectivity index (χ2v) is 7.27. The van der Waals surface area contributed by atoms with Gasteiger partial charge in [0, 0.05) is 24.3 Å². The van der Waals surface area contributed by atoms with Crippen LogP contribution in [-0.4, -0.2) is 32.4 Å². The van der Waals surface area contributed by atoms with Gasteiger partial charge >= 0.3 is 0 Å². The number of aliphatic hydroxyl groups is 1. The number of rotatable bonds is 10. The maximum Gasteiger partial charge on any atom is 0.0915 e. The fraction of sp³-hybridized carbons (Fsp3) is 0.455. The highest BCUT2D eigenvalue weighted by molar-refractivity contribution is 6.33. The largest absolute Gasteiger partial charge is 0.385 e. The van der Waals surface area contributed by atoms with Crippen LogP contribution in [0.2, 0.25) is 5.02 Å². The van der Waals surface area contributed by atoms with Crippen molar-refractivity contribution in [2.45, 2.75) is 38.2 Å². The molecule has 0 aromatic heterocycles. The lowest BCUT2D eigenvalue weighted by atomic mass is 9.81. The molecule has 26 heavy (non-hydrogen) atoms. The Kier molecular flexibility index (Phi) is 8.11. The number of ether oxygens (including phenoxy) is 1. The molecular formula is C22H30ClNO2. The summed E-state index contributed by atoms with van der Waals surface area (Å²) in [4.78, 5) is 0. The predicted octanol–water partition coefficient (Wildman–Crippen LogP) is 4.93. The summed E-state index contributed by atoms with van der Waals surface area (Å²) in [5, 5.41) is 15.4. The fourth-order valence-electron chi connectivity index (χ4n) is 3.40. The monoisotopic (exact) mass is 375 g/mol. The third-order valence-electron chi connectivity index (χ3n) is 4.80. The van der Waals surface area contributed by atoms with Gasteiger partial charge in [-0.3, -0.25) is 0 Å². The summed E-state index contributed by atoms with van der Waals surface area (Å²) in [5.74, 6) is 0. The van der Waals surface area contributed by atoms with E-state index in [-0.39, 0.29) is 0 Å². The molecule has 4 heteroatoms. The summed E-state index contributed by atoms with van der Waals surface area (Å²) < 4.78 is 5.15. The van der Waals surface area contributed by atoms with Crippen molar-refractivity contribution in [2.24, 2.45) is 0 Å². The summed E-state index contributed by atoms with van der Waals surface area (Å²) in [6, 6.07) is 14.1. The minimum Gasteiger partial charge on any atom is -0.385 e. The molecule has 2 rings (SSSR count). The molecule has 0 bridgehead atoms. The third-order valence-corrected chi connectivity index (χ3v) is 5.11. The van der Waals surface area contributed by atoms with Crippen molar-refractivity contribution in [3.63, 3.8) is 0 Å². The highest BCUT2D eigenvalue weighted by atomic mass is 35.5. The second kappa shape index (κ2) is 10.1. The maximum atomic E-state index is 11.6. The Morgan fingerprint density at radius 1 is 1.12 bits per heavy atom. The van der Waals surface area contributed by atoms with E-state index >= 15 is 0 Å². The molecule has 0 spiro atoms. The zero-order chi connectivity index (χ0) is 19.0. The molecule has 2 aromatic carbocycles. The van der Waals surface area contributed by atoms with Crippen LogP contribution >= 0.6 is 11.6 Å². The average Bonchev–Trinajstić information content (AvgIpc) is 2.63. The molecule has 0 amide bonds. The van der Waals surface area contributed by atoms with Crippen LogP contribution in [0.4, 0.5) is 0 Å². The van der Waals surface area contributed by atoms with Crippen LogP contribution in [0.3, 0.4) is 0 Å². The molecule has 0 aliphatic carbocycles. The number of aryl methyl sites for hydroxylation is 1. The van der Waals surface area contributed by atoms with Gasteiger partial charge in [0.1, 0.15) is 0 Å². The minimum atomic E-state index is -0.930. The second-order valence-electron chi connectivity index (χ2n) is 6.87. The van der Waals surface area contributed by atoms with Gasteiger partial charge in [-0.2, -0.15) is 0 Å². The van der Waals surface area contributed by atoms with Gasteiger partial charge in [-0.15, -0.1) is 0 Å². The molecule has 0 aliphatic heterocycles. The molecule has 0 aliphatic rings. The fourth-order valence-corrected chi connectivity index (χ4v) is 3.68. The van der Waals surface area contributed by atoms with Crippen LogP contribution in [0, 0.1) is 6.92 Å². The van der Waals surface area contributed by atoms with E-state index in [1.165, 1.54) is 5.56 Å². The van der Waals surface area contributed by atoms with E-state index < -0.39 is 5.60 Å². The van der Waals surface area contributed by atoms with E-state index in [9.17, 15) is 5.11 Å². The summed E-state index contributed by atoms with van der Waals surface area (Å²) in [7, 11) is 3.62. The van der Waals surface area contributed by atoms with Crippen molar-refractivity contribution in [1.29, 1.82) is 0 Å².